The summed E-state index contributed by atoms with van der Waals surface area (Å²) in [6, 6.07) is 18.2. The van der Waals surface area contributed by atoms with Crippen molar-refractivity contribution in [2.24, 2.45) is 0 Å². The van der Waals surface area contributed by atoms with Crippen molar-refractivity contribution in [1.29, 1.82) is 0 Å². The number of fused-ring (bicyclic) bond motifs is 2. The number of phosphoric acid groups is 1. The highest BCUT2D eigenvalue weighted by Crippen LogP contribution is 2.61. The van der Waals surface area contributed by atoms with Crippen molar-refractivity contribution in [2.75, 3.05) is 32.0 Å². The van der Waals surface area contributed by atoms with E-state index in [1.54, 1.807) is 60.7 Å². The molecule has 5 N–H and O–H groups in total. The fourth-order valence-electron chi connectivity index (χ4n) is 6.23. The molecule has 21 heteroatoms. The minimum atomic E-state index is -5.45. The van der Waals surface area contributed by atoms with Crippen molar-refractivity contribution < 1.29 is 51.1 Å². The Morgan fingerprint density at radius 1 is 1.11 bits per heavy atom. The normalized spacial score (nSPS) is 21.1. The molecule has 1 saturated heterocycles. The van der Waals surface area contributed by atoms with Crippen LogP contribution < -0.4 is 15.3 Å². The van der Waals surface area contributed by atoms with Crippen molar-refractivity contribution in [2.45, 2.75) is 64.4 Å². The molecule has 17 nitrogen and oxygen atoms in total. The number of likely N-dealkylation sites (N-methyl/N-ethyl adjacent to an activating group) is 1. The number of imidazole rings is 1. The summed E-state index contributed by atoms with van der Waals surface area (Å²) in [5.74, 6) is -0.868. The lowest BCUT2D eigenvalue weighted by Gasteiger charge is -2.26. The Bertz CT molecular complexity index is 2290. The molecule has 1 fully saturated rings. The maximum absolute atomic E-state index is 15.5. The van der Waals surface area contributed by atoms with Crippen LogP contribution in [0.4, 0.5) is 10.2 Å². The van der Waals surface area contributed by atoms with Crippen molar-refractivity contribution in [1.82, 2.24) is 29.5 Å². The highest BCUT2D eigenvalue weighted by atomic mass is 35.5. The first-order chi connectivity index (χ1) is 27.2. The Morgan fingerprint density at radius 3 is 2.56 bits per heavy atom. The lowest BCUT2D eigenvalue weighted by molar-refractivity contribution is -0.146. The molecule has 0 amide bonds. The van der Waals surface area contributed by atoms with E-state index in [4.69, 9.17) is 40.2 Å². The van der Waals surface area contributed by atoms with Crippen LogP contribution in [0.15, 0.2) is 73.1 Å². The van der Waals surface area contributed by atoms with Crippen LogP contribution in [0, 0.1) is 0 Å². The molecule has 57 heavy (non-hydrogen) atoms. The second kappa shape index (κ2) is 18.2. The van der Waals surface area contributed by atoms with Gasteiger partial charge in [0.05, 0.1) is 12.9 Å². The van der Waals surface area contributed by atoms with Crippen LogP contribution in [-0.2, 0) is 45.3 Å². The third-order valence-electron chi connectivity index (χ3n) is 9.30. The summed E-state index contributed by atoms with van der Waals surface area (Å²) >= 11 is 5.94. The van der Waals surface area contributed by atoms with Crippen LogP contribution in [0.1, 0.15) is 38.1 Å². The third kappa shape index (κ3) is 10.2. The summed E-state index contributed by atoms with van der Waals surface area (Å²) in [5.41, 5.74) is 7.25. The number of alkyl halides is 1. The summed E-state index contributed by atoms with van der Waals surface area (Å²) in [6.45, 7) is 6.48. The number of anilines is 1. The molecule has 2 aromatic heterocycles. The van der Waals surface area contributed by atoms with Gasteiger partial charge in [0.25, 0.3) is 0 Å². The van der Waals surface area contributed by atoms with E-state index in [9.17, 15) is 23.9 Å². The van der Waals surface area contributed by atoms with E-state index in [1.165, 1.54) is 6.92 Å². The molecule has 0 saturated carbocycles. The van der Waals surface area contributed by atoms with Crippen LogP contribution >= 0.6 is 27.2 Å². The topological polar surface area (TPSA) is 223 Å². The number of nitrogens with two attached hydrogens (primary N) is 1. The molecule has 0 aliphatic carbocycles. The molecular formula is C36H43ClFN7O10P2. The predicted octanol–water partition coefficient (Wildman–Crippen LogP) is 5.74. The first-order valence-electron chi connectivity index (χ1n) is 18.0. The van der Waals surface area contributed by atoms with E-state index in [2.05, 4.69) is 24.9 Å². The number of halogens is 2. The molecular weight excluding hydrogens is 807 g/mol. The number of hydrogen-bond donors (Lipinski definition) is 4. The molecule has 7 atom stereocenters. The monoisotopic (exact) mass is 849 g/mol. The van der Waals surface area contributed by atoms with Gasteiger partial charge in [-0.05, 0) is 54.5 Å². The number of esters is 1. The number of nitrogens with one attached hydrogen (secondary N) is 1. The molecule has 3 unspecified atom stereocenters. The number of carbonyl (C=O) groups is 1. The Hall–Kier alpha value is -4.06. The number of rotatable bonds is 18. The minimum Gasteiger partial charge on any atom is -0.460 e. The Kier molecular flexibility index (Phi) is 13.6. The van der Waals surface area contributed by atoms with Gasteiger partial charge in [-0.2, -0.15) is 19.4 Å². The third-order valence-corrected chi connectivity index (χ3v) is 12.8. The molecule has 6 rings (SSSR count). The number of ether oxygens (including phenoxy) is 2. The van der Waals surface area contributed by atoms with Gasteiger partial charge in [0.1, 0.15) is 36.1 Å². The number of nitrogens with zero attached hydrogens (tertiary/aromatic N) is 5. The van der Waals surface area contributed by atoms with E-state index in [0.29, 0.717) is 34.9 Å². The zero-order valence-electron chi connectivity index (χ0n) is 31.2. The largest absolute Gasteiger partial charge is 0.481 e. The van der Waals surface area contributed by atoms with E-state index in [-0.39, 0.29) is 34.6 Å². The molecule has 1 aliphatic rings. The van der Waals surface area contributed by atoms with Crippen LogP contribution in [-0.4, -0.2) is 91.1 Å². The van der Waals surface area contributed by atoms with Gasteiger partial charge in [-0.15, -0.1) is 0 Å². The van der Waals surface area contributed by atoms with Gasteiger partial charge in [-0.25, -0.2) is 18.5 Å². The van der Waals surface area contributed by atoms with Crippen molar-refractivity contribution >= 4 is 60.9 Å². The molecule has 1 aliphatic heterocycles. The van der Waals surface area contributed by atoms with Crippen molar-refractivity contribution in [3.05, 3.63) is 89.5 Å². The summed E-state index contributed by atoms with van der Waals surface area (Å²) in [7, 11) is -10.5. The van der Waals surface area contributed by atoms with Gasteiger partial charge in [0.15, 0.2) is 23.9 Å². The van der Waals surface area contributed by atoms with Crippen molar-refractivity contribution in [3.63, 3.8) is 0 Å². The maximum Gasteiger partial charge on any atom is 0.481 e. The standard InChI is InChI=1S/C36H43ClFN7O10P2/c1-4-44(5-2)18-17-25-16-15-24-13-9-10-14-26(24)31(25)54-56(48,43-22(3)35(47)51-19-23-11-7-6-8-12-23)55-57(49,50)52-20-27-30(46)28(38)34(53-27)45-21-40-29-32(39)41-36(37)42-33(29)45/h6-16,21-22,27-28,30,34,46H,4-5,17-20H2,1-3H3,(H,43,48)(H,49,50)(H2,39,41,42)/t22-,27+,28?,30-,34+,56?/m0/s1. The number of nitrogen functional groups attached to an aromatic ring is 1. The Balaban J connectivity index is 1.24. The number of hydrogen-bond acceptors (Lipinski definition) is 14. The summed E-state index contributed by atoms with van der Waals surface area (Å²) in [5, 5.41) is 14.2. The number of aliphatic hydroxyl groups is 1. The number of phosphoric ester groups is 1. The highest BCUT2D eigenvalue weighted by molar-refractivity contribution is 7.63. The second-order valence-corrected chi connectivity index (χ2v) is 16.8. The molecule has 5 aromatic rings. The summed E-state index contributed by atoms with van der Waals surface area (Å²) in [4.78, 5) is 38.3. The van der Waals surface area contributed by atoms with Crippen LogP contribution in [0.25, 0.3) is 21.9 Å². The maximum atomic E-state index is 15.5. The molecule has 306 valence electrons. The quantitative estimate of drug-likeness (QED) is 0.0469. The van der Waals surface area contributed by atoms with Gasteiger partial charge in [0.2, 0.25) is 5.28 Å². The number of carbonyl (C=O) groups excluding carboxylic acids is 1. The van der Waals surface area contributed by atoms with E-state index >= 15 is 4.39 Å². The number of aromatic nitrogens is 4. The second-order valence-electron chi connectivity index (χ2n) is 13.1. The first kappa shape index (κ1) is 42.5. The van der Waals surface area contributed by atoms with Gasteiger partial charge in [-0.3, -0.25) is 13.9 Å². The van der Waals surface area contributed by atoms with E-state index in [0.717, 1.165) is 24.0 Å². The lowest BCUT2D eigenvalue weighted by Crippen LogP contribution is -2.35. The van der Waals surface area contributed by atoms with Gasteiger partial charge in [0, 0.05) is 11.9 Å². The molecule has 0 spiro atoms. The summed E-state index contributed by atoms with van der Waals surface area (Å²) < 4.78 is 72.7. The van der Waals surface area contributed by atoms with Gasteiger partial charge >= 0.3 is 21.5 Å². The highest BCUT2D eigenvalue weighted by Gasteiger charge is 2.48. The van der Waals surface area contributed by atoms with E-state index in [1.807, 2.05) is 19.9 Å². The first-order valence-corrected chi connectivity index (χ1v) is 21.4. The fraction of sp³-hybridized carbons (Fsp3) is 0.389. The molecule has 3 aromatic carbocycles. The molecule has 3 heterocycles. The average Bonchev–Trinajstić information content (AvgIpc) is 3.73. The van der Waals surface area contributed by atoms with Crippen LogP contribution in [0.5, 0.6) is 5.75 Å². The SMILES string of the molecule is CCN(CC)CCc1ccc2ccccc2c1OP(=O)(N[C@@H](C)C(=O)OCc1ccccc1)OP(=O)(O)OC[C@H]1O[C@@H](n2cnc3c(N)nc(Cl)nc32)C(F)[C@H]1O. The Morgan fingerprint density at radius 2 is 1.82 bits per heavy atom. The fourth-order valence-corrected chi connectivity index (χ4v) is 9.42. The lowest BCUT2D eigenvalue weighted by atomic mass is 10.0. The Labute approximate surface area is 332 Å². The zero-order valence-corrected chi connectivity index (χ0v) is 33.7. The smallest absolute Gasteiger partial charge is 0.460 e. The predicted molar refractivity (Wildman–Crippen MR) is 209 cm³/mol. The van der Waals surface area contributed by atoms with Gasteiger partial charge in [-0.1, -0.05) is 80.6 Å². The zero-order chi connectivity index (χ0) is 40.9. The number of benzene rings is 3. The summed E-state index contributed by atoms with van der Waals surface area (Å²) in [6.07, 6.45) is -5.48. The minimum absolute atomic E-state index is 0.00978. The number of aliphatic hydroxyl groups excluding tert-OH is 1. The van der Waals surface area contributed by atoms with Crippen LogP contribution in [0.2, 0.25) is 5.28 Å². The van der Waals surface area contributed by atoms with E-state index < -0.39 is 58.8 Å². The van der Waals surface area contributed by atoms with Crippen molar-refractivity contribution in [3.8, 4) is 5.75 Å². The average molecular weight is 850 g/mol. The molecule has 0 bridgehead atoms. The van der Waals surface area contributed by atoms with Crippen LogP contribution in [0.3, 0.4) is 0 Å². The van der Waals surface area contributed by atoms with Gasteiger partial charge < -0.3 is 34.6 Å². The molecule has 0 radical (unpaired) electrons.